The Bertz CT molecular complexity index is 194. The zero-order chi connectivity index (χ0) is 10.4. The molecule has 2 N–H and O–H groups in total. The third kappa shape index (κ3) is 4.77. The highest BCUT2D eigenvalue weighted by Crippen LogP contribution is 2.19. The van der Waals surface area contributed by atoms with Crippen molar-refractivity contribution in [1.82, 2.24) is 5.32 Å². The number of carboxylic acid groups (broad SMARTS) is 1. The van der Waals surface area contributed by atoms with E-state index in [2.05, 4.69) is 5.32 Å². The molecule has 0 radical (unpaired) electrons. The van der Waals surface area contributed by atoms with Gasteiger partial charge < -0.3 is 10.4 Å². The summed E-state index contributed by atoms with van der Waals surface area (Å²) < 4.78 is 0. The summed E-state index contributed by atoms with van der Waals surface area (Å²) in [5, 5.41) is 10.7. The lowest BCUT2D eigenvalue weighted by molar-refractivity contribution is -0.137. The molecular weight excluding hydrogens is 190 g/mol. The fourth-order valence-corrected chi connectivity index (χ4v) is 1.79. The summed E-state index contributed by atoms with van der Waals surface area (Å²) in [6.45, 7) is 3.66. The maximum Gasteiger partial charge on any atom is 0.316 e. The van der Waals surface area contributed by atoms with Crippen LogP contribution in [0.5, 0.6) is 0 Å². The van der Waals surface area contributed by atoms with Gasteiger partial charge in [-0.2, -0.15) is 0 Å². The van der Waals surface area contributed by atoms with E-state index in [1.54, 1.807) is 0 Å². The molecule has 0 spiro atoms. The molecule has 0 bridgehead atoms. The Morgan fingerprint density at radius 3 is 2.31 bits per heavy atom. The topological polar surface area (TPSA) is 66.4 Å². The van der Waals surface area contributed by atoms with Gasteiger partial charge in [-0.25, -0.2) is 0 Å². The summed E-state index contributed by atoms with van der Waals surface area (Å²) >= 11 is 1.16. The second kappa shape index (κ2) is 5.85. The second-order valence-electron chi connectivity index (χ2n) is 2.99. The van der Waals surface area contributed by atoms with E-state index < -0.39 is 11.2 Å². The van der Waals surface area contributed by atoms with Crippen molar-refractivity contribution in [1.29, 1.82) is 0 Å². The average molecular weight is 205 g/mol. The fraction of sp³-hybridized carbons (Fsp3) is 0.750. The van der Waals surface area contributed by atoms with Gasteiger partial charge in [-0.05, 0) is 5.92 Å². The number of nitrogens with one attached hydrogen (secondary N) is 1. The normalized spacial score (nSPS) is 12.6. The lowest BCUT2D eigenvalue weighted by Crippen LogP contribution is -2.27. The number of carbonyl (C=O) groups excluding carboxylic acids is 1. The van der Waals surface area contributed by atoms with E-state index in [-0.39, 0.29) is 17.6 Å². The van der Waals surface area contributed by atoms with Gasteiger partial charge in [0.1, 0.15) is 5.25 Å². The van der Waals surface area contributed by atoms with Crippen LogP contribution in [0.25, 0.3) is 0 Å². The zero-order valence-electron chi connectivity index (χ0n) is 8.03. The zero-order valence-corrected chi connectivity index (χ0v) is 8.85. The quantitative estimate of drug-likeness (QED) is 0.689. The summed E-state index contributed by atoms with van der Waals surface area (Å²) in [5.41, 5.74) is 0. The molecule has 1 atom stereocenters. The number of hydrogen-bond donors (Lipinski definition) is 2. The molecule has 4 nitrogen and oxygen atoms in total. The third-order valence-corrected chi connectivity index (χ3v) is 3.06. The predicted molar refractivity (Wildman–Crippen MR) is 52.8 cm³/mol. The smallest absolute Gasteiger partial charge is 0.316 e. The van der Waals surface area contributed by atoms with Gasteiger partial charge in [0.05, 0.1) is 5.75 Å². The first-order valence-electron chi connectivity index (χ1n) is 4.04. The maximum absolute atomic E-state index is 10.8. The van der Waals surface area contributed by atoms with Crippen LogP contribution in [-0.4, -0.2) is 35.0 Å². The van der Waals surface area contributed by atoms with E-state index in [0.29, 0.717) is 0 Å². The van der Waals surface area contributed by atoms with Gasteiger partial charge in [0.25, 0.3) is 0 Å². The largest absolute Gasteiger partial charge is 0.480 e. The van der Waals surface area contributed by atoms with Crippen molar-refractivity contribution in [3.05, 3.63) is 0 Å². The lowest BCUT2D eigenvalue weighted by atomic mass is 10.1. The van der Waals surface area contributed by atoms with Crippen molar-refractivity contribution < 1.29 is 14.7 Å². The van der Waals surface area contributed by atoms with Crippen molar-refractivity contribution >= 4 is 23.6 Å². The number of thioether (sulfide) groups is 1. The van der Waals surface area contributed by atoms with E-state index in [0.717, 1.165) is 11.8 Å². The number of rotatable bonds is 5. The van der Waals surface area contributed by atoms with Crippen LogP contribution in [0.1, 0.15) is 13.8 Å². The highest BCUT2D eigenvalue weighted by atomic mass is 32.2. The first-order chi connectivity index (χ1) is 5.99. The van der Waals surface area contributed by atoms with Crippen LogP contribution in [0.2, 0.25) is 0 Å². The number of hydrogen-bond acceptors (Lipinski definition) is 3. The minimum absolute atomic E-state index is 0.0344. The summed E-state index contributed by atoms with van der Waals surface area (Å²) in [7, 11) is 1.54. The van der Waals surface area contributed by atoms with E-state index in [4.69, 9.17) is 5.11 Å². The average Bonchev–Trinajstić information content (AvgIpc) is 2.03. The monoisotopic (exact) mass is 205 g/mol. The van der Waals surface area contributed by atoms with E-state index in [1.165, 1.54) is 7.05 Å². The summed E-state index contributed by atoms with van der Waals surface area (Å²) in [5.74, 6) is -0.765. The van der Waals surface area contributed by atoms with Gasteiger partial charge >= 0.3 is 5.97 Å². The molecule has 0 heterocycles. The Kier molecular flexibility index (Phi) is 5.53. The van der Waals surface area contributed by atoms with Gasteiger partial charge in [0.2, 0.25) is 5.91 Å². The van der Waals surface area contributed by atoms with E-state index >= 15 is 0 Å². The summed E-state index contributed by atoms with van der Waals surface area (Å²) in [4.78, 5) is 21.5. The van der Waals surface area contributed by atoms with Crippen molar-refractivity contribution in [2.45, 2.75) is 19.1 Å². The number of aliphatic carboxylic acids is 1. The summed E-state index contributed by atoms with van der Waals surface area (Å²) in [6, 6.07) is 0. The molecule has 0 saturated heterocycles. The maximum atomic E-state index is 10.8. The first kappa shape index (κ1) is 12.3. The van der Waals surface area contributed by atoms with Gasteiger partial charge in [0.15, 0.2) is 0 Å². The highest BCUT2D eigenvalue weighted by molar-refractivity contribution is 8.01. The SMILES string of the molecule is CNC(=O)CSC(C(=O)O)C(C)C. The minimum atomic E-state index is -0.857. The molecule has 0 fully saturated rings. The second-order valence-corrected chi connectivity index (χ2v) is 4.12. The molecule has 0 rings (SSSR count). The minimum Gasteiger partial charge on any atom is -0.480 e. The molecule has 1 amide bonds. The Balaban J connectivity index is 3.97. The molecule has 5 heteroatoms. The van der Waals surface area contributed by atoms with Gasteiger partial charge in [0, 0.05) is 7.05 Å². The molecule has 0 saturated carbocycles. The predicted octanol–water partition coefficient (Wildman–Crippen LogP) is 0.575. The molecule has 0 aliphatic carbocycles. The van der Waals surface area contributed by atoms with Crippen LogP contribution in [0, 0.1) is 5.92 Å². The van der Waals surface area contributed by atoms with Crippen LogP contribution >= 0.6 is 11.8 Å². The fourth-order valence-electron chi connectivity index (χ4n) is 0.787. The Labute approximate surface area is 82.1 Å². The van der Waals surface area contributed by atoms with Crippen LogP contribution < -0.4 is 5.32 Å². The molecule has 0 aromatic carbocycles. The third-order valence-electron chi connectivity index (χ3n) is 1.52. The molecule has 1 unspecified atom stereocenters. The standard InChI is InChI=1S/C8H15NO3S/c1-5(2)7(8(11)12)13-4-6(10)9-3/h5,7H,4H2,1-3H3,(H,9,10)(H,11,12). The lowest BCUT2D eigenvalue weighted by Gasteiger charge is -2.14. The van der Waals surface area contributed by atoms with E-state index in [9.17, 15) is 9.59 Å². The van der Waals surface area contributed by atoms with Crippen LogP contribution in [0.15, 0.2) is 0 Å². The van der Waals surface area contributed by atoms with Gasteiger partial charge in [-0.3, -0.25) is 9.59 Å². The van der Waals surface area contributed by atoms with Crippen LogP contribution in [-0.2, 0) is 9.59 Å². The number of carboxylic acids is 1. The first-order valence-corrected chi connectivity index (χ1v) is 5.09. The number of carbonyl (C=O) groups is 2. The van der Waals surface area contributed by atoms with E-state index in [1.807, 2.05) is 13.8 Å². The van der Waals surface area contributed by atoms with Gasteiger partial charge in [-0.15, -0.1) is 11.8 Å². The Morgan fingerprint density at radius 2 is 2.00 bits per heavy atom. The Hall–Kier alpha value is -0.710. The van der Waals surface area contributed by atoms with Crippen molar-refractivity contribution in [3.63, 3.8) is 0 Å². The molecule has 0 aromatic rings. The molecule has 0 aromatic heterocycles. The van der Waals surface area contributed by atoms with Crippen molar-refractivity contribution in [2.24, 2.45) is 5.92 Å². The number of amides is 1. The molecule has 0 aliphatic heterocycles. The highest BCUT2D eigenvalue weighted by Gasteiger charge is 2.22. The van der Waals surface area contributed by atoms with Gasteiger partial charge in [-0.1, -0.05) is 13.8 Å². The molecule has 76 valence electrons. The Morgan fingerprint density at radius 1 is 1.46 bits per heavy atom. The molecular formula is C8H15NO3S. The van der Waals surface area contributed by atoms with Crippen molar-refractivity contribution in [3.8, 4) is 0 Å². The summed E-state index contributed by atoms with van der Waals surface area (Å²) in [6.07, 6.45) is 0. The van der Waals surface area contributed by atoms with Crippen LogP contribution in [0.3, 0.4) is 0 Å². The van der Waals surface area contributed by atoms with Crippen LogP contribution in [0.4, 0.5) is 0 Å². The molecule has 0 aliphatic rings. The van der Waals surface area contributed by atoms with Crippen molar-refractivity contribution in [2.75, 3.05) is 12.8 Å². The molecule has 13 heavy (non-hydrogen) atoms.